The van der Waals surface area contributed by atoms with Gasteiger partial charge in [-0.15, -0.1) is 0 Å². The Hall–Kier alpha value is -2.29. The predicted molar refractivity (Wildman–Crippen MR) is 109 cm³/mol. The van der Waals surface area contributed by atoms with Crippen LogP contribution in [0.2, 0.25) is 0 Å². The maximum atomic E-state index is 13.3. The van der Waals surface area contributed by atoms with E-state index in [9.17, 15) is 21.6 Å². The second-order valence-corrected chi connectivity index (χ2v) is 11.6. The summed E-state index contributed by atoms with van der Waals surface area (Å²) < 4.78 is 54.3. The maximum absolute atomic E-state index is 13.3. The summed E-state index contributed by atoms with van der Waals surface area (Å²) in [5.41, 5.74) is 1.45. The number of carbonyl (C=O) groups excluding carboxylic acids is 1. The Morgan fingerprint density at radius 3 is 2.17 bits per heavy atom. The number of fused-ring (bicyclic) bond motifs is 1. The largest absolute Gasteiger partial charge is 0.295 e. The van der Waals surface area contributed by atoms with Gasteiger partial charge in [-0.05, 0) is 42.8 Å². The molecule has 6 nitrogen and oxygen atoms in total. The van der Waals surface area contributed by atoms with Gasteiger partial charge < -0.3 is 0 Å². The SMILES string of the molecule is Cc1ccc(S(=O)(=O)N2CC(S(=O)(=O)c3ccccc3)C3=CC(=O)C[C@@H]3C2)cc1. The summed E-state index contributed by atoms with van der Waals surface area (Å²) in [4.78, 5) is 12.3. The number of benzene rings is 2. The first-order valence-electron chi connectivity index (χ1n) is 9.29. The van der Waals surface area contributed by atoms with Gasteiger partial charge in [0.25, 0.3) is 0 Å². The van der Waals surface area contributed by atoms with Gasteiger partial charge in [-0.2, -0.15) is 4.31 Å². The Labute approximate surface area is 170 Å². The highest BCUT2D eigenvalue weighted by Gasteiger charge is 2.46. The molecule has 2 aromatic carbocycles. The summed E-state index contributed by atoms with van der Waals surface area (Å²) >= 11 is 0. The number of hydrogen-bond donors (Lipinski definition) is 0. The third-order valence-electron chi connectivity index (χ3n) is 5.52. The maximum Gasteiger partial charge on any atom is 0.243 e. The molecule has 1 fully saturated rings. The molecule has 0 radical (unpaired) electrons. The minimum Gasteiger partial charge on any atom is -0.295 e. The molecular formula is C21H21NO5S2. The van der Waals surface area contributed by atoms with Crippen LogP contribution in [-0.4, -0.2) is 45.3 Å². The normalized spacial score (nSPS) is 22.9. The zero-order valence-electron chi connectivity index (χ0n) is 15.9. The first-order valence-corrected chi connectivity index (χ1v) is 12.3. The summed E-state index contributed by atoms with van der Waals surface area (Å²) in [6.45, 7) is 1.76. The molecule has 152 valence electrons. The fraction of sp³-hybridized carbons (Fsp3) is 0.286. The lowest BCUT2D eigenvalue weighted by atomic mass is 9.95. The predicted octanol–water partition coefficient (Wildman–Crippen LogP) is 2.36. The minimum absolute atomic E-state index is 0.106. The molecule has 1 aliphatic carbocycles. The van der Waals surface area contributed by atoms with Gasteiger partial charge in [0.05, 0.1) is 9.79 Å². The lowest BCUT2D eigenvalue weighted by Crippen LogP contribution is -2.49. The molecule has 29 heavy (non-hydrogen) atoms. The summed E-state index contributed by atoms with van der Waals surface area (Å²) in [7, 11) is -7.73. The van der Waals surface area contributed by atoms with Crippen LogP contribution < -0.4 is 0 Å². The van der Waals surface area contributed by atoms with E-state index in [2.05, 4.69) is 0 Å². The van der Waals surface area contributed by atoms with E-state index < -0.39 is 31.0 Å². The lowest BCUT2D eigenvalue weighted by Gasteiger charge is -2.36. The minimum atomic E-state index is -3.88. The van der Waals surface area contributed by atoms with Crippen LogP contribution in [0.25, 0.3) is 0 Å². The summed E-state index contributed by atoms with van der Waals surface area (Å²) in [6, 6.07) is 14.4. The van der Waals surface area contributed by atoms with Crippen LogP contribution in [0.5, 0.6) is 0 Å². The molecule has 1 saturated heterocycles. The molecule has 0 N–H and O–H groups in total. The van der Waals surface area contributed by atoms with Gasteiger partial charge >= 0.3 is 0 Å². The van der Waals surface area contributed by atoms with Crippen molar-refractivity contribution in [2.45, 2.75) is 28.4 Å². The molecular weight excluding hydrogens is 410 g/mol. The molecule has 1 unspecified atom stereocenters. The van der Waals surface area contributed by atoms with Gasteiger partial charge in [0.15, 0.2) is 15.6 Å². The number of hydrogen-bond acceptors (Lipinski definition) is 5. The Bertz CT molecular complexity index is 1180. The molecule has 0 amide bonds. The van der Waals surface area contributed by atoms with Crippen LogP contribution in [0, 0.1) is 12.8 Å². The molecule has 0 spiro atoms. The molecule has 0 saturated carbocycles. The van der Waals surface area contributed by atoms with Crippen LogP contribution in [0.1, 0.15) is 12.0 Å². The number of rotatable bonds is 4. The van der Waals surface area contributed by atoms with Crippen LogP contribution in [0.3, 0.4) is 0 Å². The zero-order valence-corrected chi connectivity index (χ0v) is 17.5. The van der Waals surface area contributed by atoms with Gasteiger partial charge in [-0.1, -0.05) is 35.9 Å². The van der Waals surface area contributed by atoms with E-state index in [0.717, 1.165) is 5.56 Å². The first-order chi connectivity index (χ1) is 13.7. The number of ketones is 1. The molecule has 2 aliphatic rings. The highest BCUT2D eigenvalue weighted by atomic mass is 32.2. The fourth-order valence-electron chi connectivity index (χ4n) is 3.97. The molecule has 0 aromatic heterocycles. The third-order valence-corrected chi connectivity index (χ3v) is 9.46. The van der Waals surface area contributed by atoms with E-state index in [-0.39, 0.29) is 35.1 Å². The first kappa shape index (κ1) is 20.0. The number of carbonyl (C=O) groups is 1. The van der Waals surface area contributed by atoms with Gasteiger partial charge in [-0.25, -0.2) is 16.8 Å². The molecule has 4 rings (SSSR count). The Morgan fingerprint density at radius 2 is 1.52 bits per heavy atom. The summed E-state index contributed by atoms with van der Waals surface area (Å²) in [6.07, 6.45) is 1.53. The summed E-state index contributed by atoms with van der Waals surface area (Å²) in [5.74, 6) is -0.576. The van der Waals surface area contributed by atoms with Crippen molar-refractivity contribution in [3.63, 3.8) is 0 Å². The van der Waals surface area contributed by atoms with Crippen LogP contribution in [-0.2, 0) is 24.7 Å². The van der Waals surface area contributed by atoms with E-state index in [1.54, 1.807) is 30.3 Å². The van der Waals surface area contributed by atoms with Crippen LogP contribution >= 0.6 is 0 Å². The second kappa shape index (κ2) is 7.19. The number of sulfone groups is 1. The monoisotopic (exact) mass is 431 g/mol. The molecule has 1 aliphatic heterocycles. The van der Waals surface area contributed by atoms with E-state index in [1.165, 1.54) is 34.6 Å². The summed E-state index contributed by atoms with van der Waals surface area (Å²) in [5, 5.41) is -1.07. The van der Waals surface area contributed by atoms with Crippen LogP contribution in [0.4, 0.5) is 0 Å². The third kappa shape index (κ3) is 3.56. The standard InChI is InChI=1S/C21H21NO5S2/c1-15-7-9-19(10-8-15)29(26,27)22-13-16-11-17(23)12-20(16)21(14-22)28(24,25)18-5-3-2-4-6-18/h2-10,12,16,21H,11,13-14H2,1H3/t16-,21?/m1/s1. The molecule has 2 atom stereocenters. The molecule has 2 aromatic rings. The number of piperidine rings is 1. The topological polar surface area (TPSA) is 88.6 Å². The van der Waals surface area contributed by atoms with Crippen molar-refractivity contribution in [3.8, 4) is 0 Å². The van der Waals surface area contributed by atoms with Gasteiger partial charge in [-0.3, -0.25) is 4.79 Å². The van der Waals surface area contributed by atoms with E-state index in [4.69, 9.17) is 0 Å². The highest BCUT2D eigenvalue weighted by molar-refractivity contribution is 7.92. The number of nitrogens with zero attached hydrogens (tertiary/aromatic N) is 1. The van der Waals surface area contributed by atoms with Crippen molar-refractivity contribution in [3.05, 3.63) is 71.8 Å². The van der Waals surface area contributed by atoms with Crippen LogP contribution in [0.15, 0.2) is 76.0 Å². The Balaban J connectivity index is 1.76. The number of allylic oxidation sites excluding steroid dienone is 1. The number of sulfonamides is 1. The molecule has 1 heterocycles. The van der Waals surface area contributed by atoms with Gasteiger partial charge in [0.2, 0.25) is 10.0 Å². The highest BCUT2D eigenvalue weighted by Crippen LogP contribution is 2.38. The molecule has 0 bridgehead atoms. The van der Waals surface area contributed by atoms with Crippen molar-refractivity contribution in [2.75, 3.05) is 13.1 Å². The van der Waals surface area contributed by atoms with E-state index >= 15 is 0 Å². The lowest BCUT2D eigenvalue weighted by molar-refractivity contribution is -0.114. The van der Waals surface area contributed by atoms with Crippen molar-refractivity contribution >= 4 is 25.6 Å². The van der Waals surface area contributed by atoms with Crippen molar-refractivity contribution in [2.24, 2.45) is 5.92 Å². The molecule has 8 heteroatoms. The number of aryl methyl sites for hydroxylation is 1. The second-order valence-electron chi connectivity index (χ2n) is 7.49. The Morgan fingerprint density at radius 1 is 0.862 bits per heavy atom. The van der Waals surface area contributed by atoms with Crippen molar-refractivity contribution in [1.29, 1.82) is 0 Å². The smallest absolute Gasteiger partial charge is 0.243 e. The van der Waals surface area contributed by atoms with Gasteiger partial charge in [0.1, 0.15) is 5.25 Å². The van der Waals surface area contributed by atoms with Crippen molar-refractivity contribution < 1.29 is 21.6 Å². The van der Waals surface area contributed by atoms with Crippen molar-refractivity contribution in [1.82, 2.24) is 4.31 Å². The average Bonchev–Trinajstić information content (AvgIpc) is 3.08. The van der Waals surface area contributed by atoms with E-state index in [1.807, 2.05) is 6.92 Å². The van der Waals surface area contributed by atoms with Gasteiger partial charge in [0, 0.05) is 25.4 Å². The average molecular weight is 432 g/mol. The quantitative estimate of drug-likeness (QED) is 0.742. The Kier molecular flexibility index (Phi) is 4.96. The van der Waals surface area contributed by atoms with E-state index in [0.29, 0.717) is 5.57 Å². The fourth-order valence-corrected chi connectivity index (χ4v) is 7.42. The zero-order chi connectivity index (χ0) is 20.8.